The lowest BCUT2D eigenvalue weighted by Crippen LogP contribution is -2.28. The molecule has 140 valence electrons. The van der Waals surface area contributed by atoms with E-state index >= 15 is 0 Å². The van der Waals surface area contributed by atoms with Crippen LogP contribution in [-0.4, -0.2) is 30.9 Å². The number of nitrogens with one attached hydrogen (secondary N) is 1. The maximum Gasteiger partial charge on any atom is 0.262 e. The Morgan fingerprint density at radius 2 is 1.81 bits per heavy atom. The van der Waals surface area contributed by atoms with E-state index in [1.54, 1.807) is 24.3 Å². The largest absolute Gasteiger partial charge is 0.484 e. The van der Waals surface area contributed by atoms with Crippen molar-refractivity contribution in [2.75, 3.05) is 23.4 Å². The van der Waals surface area contributed by atoms with E-state index in [1.807, 2.05) is 0 Å². The minimum absolute atomic E-state index is 0.108. The summed E-state index contributed by atoms with van der Waals surface area (Å²) in [6, 6.07) is 12.0. The van der Waals surface area contributed by atoms with E-state index in [0.717, 1.165) is 0 Å². The van der Waals surface area contributed by atoms with Crippen LogP contribution in [-0.2, 0) is 14.4 Å². The molecule has 0 radical (unpaired) electrons. The number of nitrogens with zero attached hydrogens (tertiary/aromatic N) is 1. The molecule has 0 aromatic heterocycles. The van der Waals surface area contributed by atoms with E-state index in [4.69, 9.17) is 10.5 Å². The number of hydrogen-bond donors (Lipinski definition) is 2. The average Bonchev–Trinajstić information content (AvgIpc) is 3.04. The van der Waals surface area contributed by atoms with Gasteiger partial charge in [0.1, 0.15) is 11.6 Å². The van der Waals surface area contributed by atoms with Gasteiger partial charge < -0.3 is 20.7 Å². The van der Waals surface area contributed by atoms with Gasteiger partial charge in [-0.15, -0.1) is 0 Å². The molecule has 8 heteroatoms. The smallest absolute Gasteiger partial charge is 0.262 e. The number of hydrogen-bond acceptors (Lipinski definition) is 4. The lowest BCUT2D eigenvalue weighted by atomic mass is 10.1. The summed E-state index contributed by atoms with van der Waals surface area (Å²) in [7, 11) is 0. The highest BCUT2D eigenvalue weighted by Gasteiger charge is 2.33. The van der Waals surface area contributed by atoms with Crippen molar-refractivity contribution >= 4 is 29.1 Å². The monoisotopic (exact) mass is 371 g/mol. The van der Waals surface area contributed by atoms with Gasteiger partial charge in [0.2, 0.25) is 11.8 Å². The highest BCUT2D eigenvalue weighted by molar-refractivity contribution is 6.00. The van der Waals surface area contributed by atoms with E-state index in [0.29, 0.717) is 17.1 Å². The van der Waals surface area contributed by atoms with Crippen molar-refractivity contribution in [3.63, 3.8) is 0 Å². The highest BCUT2D eigenvalue weighted by atomic mass is 19.1. The maximum atomic E-state index is 12.8. The molecule has 0 unspecified atom stereocenters. The summed E-state index contributed by atoms with van der Waals surface area (Å²) < 4.78 is 18.2. The molecular weight excluding hydrogens is 353 g/mol. The van der Waals surface area contributed by atoms with E-state index in [2.05, 4.69) is 5.32 Å². The fourth-order valence-corrected chi connectivity index (χ4v) is 2.75. The number of carbonyl (C=O) groups is 3. The number of primary amides is 1. The molecule has 1 aliphatic heterocycles. The SMILES string of the molecule is NC(=O)[C@@H]1CC(=O)N(c2ccc(OCC(=O)Nc3ccc(F)cc3)cc2)C1. The minimum atomic E-state index is -0.488. The Labute approximate surface area is 154 Å². The lowest BCUT2D eigenvalue weighted by molar-refractivity contribution is -0.123. The van der Waals surface area contributed by atoms with Gasteiger partial charge in [-0.1, -0.05) is 0 Å². The Bertz CT molecular complexity index is 852. The highest BCUT2D eigenvalue weighted by Crippen LogP contribution is 2.26. The van der Waals surface area contributed by atoms with Gasteiger partial charge in [0.05, 0.1) is 5.92 Å². The summed E-state index contributed by atoms with van der Waals surface area (Å²) in [5.74, 6) is -1.45. The molecule has 3 rings (SSSR count). The van der Waals surface area contributed by atoms with Gasteiger partial charge in [0, 0.05) is 24.3 Å². The molecule has 27 heavy (non-hydrogen) atoms. The zero-order valence-electron chi connectivity index (χ0n) is 14.4. The summed E-state index contributed by atoms with van der Waals surface area (Å²) in [4.78, 5) is 36.6. The van der Waals surface area contributed by atoms with Gasteiger partial charge in [-0.2, -0.15) is 0 Å². The van der Waals surface area contributed by atoms with E-state index in [1.165, 1.54) is 29.2 Å². The van der Waals surface area contributed by atoms with Crippen LogP contribution in [0.15, 0.2) is 48.5 Å². The first-order valence-corrected chi connectivity index (χ1v) is 8.30. The quantitative estimate of drug-likeness (QED) is 0.807. The van der Waals surface area contributed by atoms with Gasteiger partial charge in [-0.3, -0.25) is 14.4 Å². The number of ether oxygens (including phenoxy) is 1. The summed E-state index contributed by atoms with van der Waals surface area (Å²) in [6.07, 6.45) is 0.108. The van der Waals surface area contributed by atoms with Gasteiger partial charge in [-0.25, -0.2) is 4.39 Å². The van der Waals surface area contributed by atoms with Crippen LogP contribution in [0.2, 0.25) is 0 Å². The fraction of sp³-hybridized carbons (Fsp3) is 0.211. The average molecular weight is 371 g/mol. The van der Waals surface area contributed by atoms with Gasteiger partial charge >= 0.3 is 0 Å². The zero-order chi connectivity index (χ0) is 19.4. The molecule has 1 atom stereocenters. The normalized spacial score (nSPS) is 16.3. The van der Waals surface area contributed by atoms with Crippen LogP contribution < -0.4 is 20.7 Å². The number of amides is 3. The second-order valence-corrected chi connectivity index (χ2v) is 6.15. The van der Waals surface area contributed by atoms with Gasteiger partial charge in [0.15, 0.2) is 6.61 Å². The van der Waals surface area contributed by atoms with Crippen molar-refractivity contribution in [3.05, 3.63) is 54.3 Å². The predicted molar refractivity (Wildman–Crippen MR) is 96.6 cm³/mol. The van der Waals surface area contributed by atoms with E-state index in [9.17, 15) is 18.8 Å². The number of halogens is 1. The number of anilines is 2. The molecule has 2 aromatic carbocycles. The fourth-order valence-electron chi connectivity index (χ4n) is 2.75. The van der Waals surface area contributed by atoms with Crippen LogP contribution in [0, 0.1) is 11.7 Å². The molecule has 3 N–H and O–H groups in total. The Hall–Kier alpha value is -3.42. The molecule has 0 saturated carbocycles. The number of rotatable bonds is 6. The number of carbonyl (C=O) groups excluding carboxylic acids is 3. The first-order chi connectivity index (χ1) is 12.9. The molecular formula is C19H18FN3O4. The van der Waals surface area contributed by atoms with Crippen molar-refractivity contribution < 1.29 is 23.5 Å². The van der Waals surface area contributed by atoms with Crippen LogP contribution in [0.25, 0.3) is 0 Å². The van der Waals surface area contributed by atoms with E-state index < -0.39 is 11.8 Å². The van der Waals surface area contributed by atoms with Crippen LogP contribution >= 0.6 is 0 Å². The first-order valence-electron chi connectivity index (χ1n) is 8.30. The molecule has 1 heterocycles. The molecule has 0 bridgehead atoms. The van der Waals surface area contributed by atoms with Crippen molar-refractivity contribution in [2.45, 2.75) is 6.42 Å². The standard InChI is InChI=1S/C19H18FN3O4/c20-13-1-3-14(4-2-13)22-17(24)11-27-16-7-5-15(6-8-16)23-10-12(19(21)26)9-18(23)25/h1-8,12H,9-11H2,(H2,21,26)(H,22,24)/t12-/m1/s1. The summed E-state index contributed by atoms with van der Waals surface area (Å²) in [5, 5.41) is 2.59. The second-order valence-electron chi connectivity index (χ2n) is 6.15. The molecule has 7 nitrogen and oxygen atoms in total. The molecule has 0 aliphatic carbocycles. The van der Waals surface area contributed by atoms with Crippen molar-refractivity contribution in [1.29, 1.82) is 0 Å². The Balaban J connectivity index is 1.53. The number of nitrogens with two attached hydrogens (primary N) is 1. The van der Waals surface area contributed by atoms with Gasteiger partial charge in [-0.05, 0) is 48.5 Å². The summed E-state index contributed by atoms with van der Waals surface area (Å²) in [6.45, 7) is 0.0392. The molecule has 3 amide bonds. The summed E-state index contributed by atoms with van der Waals surface area (Å²) in [5.41, 5.74) is 6.36. The Kier molecular flexibility index (Phi) is 5.35. The van der Waals surface area contributed by atoms with Crippen LogP contribution in [0.3, 0.4) is 0 Å². The van der Waals surface area contributed by atoms with Crippen molar-refractivity contribution in [1.82, 2.24) is 0 Å². The topological polar surface area (TPSA) is 102 Å². The van der Waals surface area contributed by atoms with Gasteiger partial charge in [0.25, 0.3) is 5.91 Å². The zero-order valence-corrected chi connectivity index (χ0v) is 14.4. The predicted octanol–water partition coefficient (Wildman–Crippen LogP) is 1.68. The number of benzene rings is 2. The lowest BCUT2D eigenvalue weighted by Gasteiger charge is -2.16. The van der Waals surface area contributed by atoms with Crippen LogP contribution in [0.4, 0.5) is 15.8 Å². The maximum absolute atomic E-state index is 12.8. The first kappa shape index (κ1) is 18.4. The Morgan fingerprint density at radius 1 is 1.15 bits per heavy atom. The minimum Gasteiger partial charge on any atom is -0.484 e. The molecule has 1 aliphatic rings. The summed E-state index contributed by atoms with van der Waals surface area (Å²) >= 11 is 0. The third-order valence-electron chi connectivity index (χ3n) is 4.17. The van der Waals surface area contributed by atoms with Crippen molar-refractivity contribution in [3.8, 4) is 5.75 Å². The molecule has 1 saturated heterocycles. The third kappa shape index (κ3) is 4.60. The second kappa shape index (κ2) is 7.86. The van der Waals surface area contributed by atoms with Crippen molar-refractivity contribution in [2.24, 2.45) is 11.7 Å². The van der Waals surface area contributed by atoms with E-state index in [-0.39, 0.29) is 37.2 Å². The molecule has 0 spiro atoms. The molecule has 1 fully saturated rings. The molecule has 2 aromatic rings. The third-order valence-corrected chi connectivity index (χ3v) is 4.17. The van der Waals surface area contributed by atoms with Crippen LogP contribution in [0.1, 0.15) is 6.42 Å². The van der Waals surface area contributed by atoms with Crippen LogP contribution in [0.5, 0.6) is 5.75 Å². The Morgan fingerprint density at radius 3 is 2.41 bits per heavy atom.